The van der Waals surface area contributed by atoms with Crippen molar-refractivity contribution in [3.05, 3.63) is 64.5 Å². The summed E-state index contributed by atoms with van der Waals surface area (Å²) >= 11 is 0. The lowest BCUT2D eigenvalue weighted by molar-refractivity contribution is -0.120. The molecule has 4 heteroatoms. The Bertz CT molecular complexity index is 863. The fourth-order valence-corrected chi connectivity index (χ4v) is 2.35. The van der Waals surface area contributed by atoms with Crippen LogP contribution in [0.1, 0.15) is 5.76 Å². The van der Waals surface area contributed by atoms with Crippen LogP contribution < -0.4 is 10.2 Å². The Morgan fingerprint density at radius 2 is 1.86 bits per heavy atom. The van der Waals surface area contributed by atoms with E-state index in [1.54, 1.807) is 19.1 Å². The quantitative estimate of drug-likeness (QED) is 0.691. The van der Waals surface area contributed by atoms with Gasteiger partial charge < -0.3 is 9.15 Å². The molecular formula is C17H12O4. The Morgan fingerprint density at radius 1 is 1.10 bits per heavy atom. The molecule has 0 unspecified atom stereocenters. The average Bonchev–Trinajstić information content (AvgIpc) is 2.48. The number of fused-ring (bicyclic) bond motifs is 1. The topological polar surface area (TPSA) is 56.5 Å². The molecule has 104 valence electrons. The number of carbonyl (C=O) groups is 1. The molecule has 4 nitrogen and oxygen atoms in total. The summed E-state index contributed by atoms with van der Waals surface area (Å²) in [6.45, 7) is 2.08. The van der Waals surface area contributed by atoms with E-state index in [9.17, 15) is 9.59 Å². The Balaban J connectivity index is 2.27. The largest absolute Gasteiger partial charge is 0.460 e. The summed E-state index contributed by atoms with van der Waals surface area (Å²) < 4.78 is 10.5. The molecule has 3 aromatic rings. The lowest BCUT2D eigenvalue weighted by Gasteiger charge is -2.07. The number of hydrogen-bond donors (Lipinski definition) is 0. The zero-order chi connectivity index (χ0) is 14.8. The molecular weight excluding hydrogens is 268 g/mol. The smallest absolute Gasteiger partial charge is 0.298 e. The first-order chi connectivity index (χ1) is 10.2. The van der Waals surface area contributed by atoms with Gasteiger partial charge in [-0.15, -0.1) is 0 Å². The first-order valence-corrected chi connectivity index (χ1v) is 6.44. The summed E-state index contributed by atoms with van der Waals surface area (Å²) in [5, 5.41) is 0.456. The van der Waals surface area contributed by atoms with Gasteiger partial charge in [-0.1, -0.05) is 30.3 Å². The molecule has 3 rings (SSSR count). The van der Waals surface area contributed by atoms with Crippen LogP contribution in [0.15, 0.2) is 57.7 Å². The van der Waals surface area contributed by atoms with Gasteiger partial charge in [0.15, 0.2) is 0 Å². The van der Waals surface area contributed by atoms with E-state index in [0.717, 1.165) is 5.56 Å². The van der Waals surface area contributed by atoms with Crippen LogP contribution in [0.25, 0.3) is 22.1 Å². The van der Waals surface area contributed by atoms with Crippen molar-refractivity contribution < 1.29 is 13.9 Å². The normalized spacial score (nSPS) is 10.5. The number of aryl methyl sites for hydroxylation is 1. The molecule has 0 N–H and O–H groups in total. The second-order valence-corrected chi connectivity index (χ2v) is 4.60. The third kappa shape index (κ3) is 2.31. The minimum atomic E-state index is -0.0994. The van der Waals surface area contributed by atoms with E-state index in [2.05, 4.69) is 0 Å². The van der Waals surface area contributed by atoms with Crippen LogP contribution >= 0.6 is 0 Å². The molecule has 1 heterocycles. The van der Waals surface area contributed by atoms with Crippen molar-refractivity contribution in [3.63, 3.8) is 0 Å². The van der Waals surface area contributed by atoms with Gasteiger partial charge in [-0.2, -0.15) is 0 Å². The van der Waals surface area contributed by atoms with Crippen LogP contribution in [0, 0.1) is 6.92 Å². The first-order valence-electron chi connectivity index (χ1n) is 6.44. The monoisotopic (exact) mass is 280 g/mol. The molecule has 1 aromatic heterocycles. The van der Waals surface area contributed by atoms with E-state index in [4.69, 9.17) is 9.15 Å². The first kappa shape index (κ1) is 13.1. The van der Waals surface area contributed by atoms with Gasteiger partial charge in [0, 0.05) is 6.07 Å². The lowest BCUT2D eigenvalue weighted by atomic mass is 10.0. The molecule has 0 bridgehead atoms. The predicted octanol–water partition coefficient (Wildman–Crippen LogP) is 3.30. The van der Waals surface area contributed by atoms with Crippen molar-refractivity contribution >= 4 is 17.4 Å². The molecule has 0 saturated heterocycles. The second kappa shape index (κ2) is 5.25. The molecule has 2 aromatic carbocycles. The highest BCUT2D eigenvalue weighted by molar-refractivity contribution is 5.84. The van der Waals surface area contributed by atoms with Crippen molar-refractivity contribution in [2.24, 2.45) is 0 Å². The van der Waals surface area contributed by atoms with Crippen LogP contribution in [0.2, 0.25) is 0 Å². The molecule has 0 spiro atoms. The summed E-state index contributed by atoms with van der Waals surface area (Å²) in [7, 11) is 0. The SMILES string of the molecule is Cc1oc2cc(OC=O)ccc2c(=O)c1-c1ccccc1. The summed E-state index contributed by atoms with van der Waals surface area (Å²) in [6.07, 6.45) is 0. The highest BCUT2D eigenvalue weighted by atomic mass is 16.5. The fraction of sp³-hybridized carbons (Fsp3) is 0.0588. The zero-order valence-electron chi connectivity index (χ0n) is 11.3. The van der Waals surface area contributed by atoms with E-state index >= 15 is 0 Å². The number of benzene rings is 2. The molecule has 0 saturated carbocycles. The third-order valence-corrected chi connectivity index (χ3v) is 3.29. The molecule has 21 heavy (non-hydrogen) atoms. The maximum Gasteiger partial charge on any atom is 0.298 e. The molecule has 0 amide bonds. The Kier molecular flexibility index (Phi) is 3.28. The summed E-state index contributed by atoms with van der Waals surface area (Å²) in [5.74, 6) is 0.870. The summed E-state index contributed by atoms with van der Waals surface area (Å²) in [5.41, 5.74) is 1.67. The van der Waals surface area contributed by atoms with Gasteiger partial charge in [-0.05, 0) is 24.6 Å². The number of carbonyl (C=O) groups excluding carboxylic acids is 1. The molecule has 0 fully saturated rings. The highest BCUT2D eigenvalue weighted by Crippen LogP contribution is 2.25. The maximum absolute atomic E-state index is 12.6. The molecule has 0 aliphatic rings. The van der Waals surface area contributed by atoms with Gasteiger partial charge in [0.1, 0.15) is 17.1 Å². The van der Waals surface area contributed by atoms with Crippen molar-refractivity contribution in [1.29, 1.82) is 0 Å². The minimum absolute atomic E-state index is 0.0994. The Labute approximate surface area is 120 Å². The van der Waals surface area contributed by atoms with Crippen LogP contribution in [0.5, 0.6) is 5.75 Å². The zero-order valence-corrected chi connectivity index (χ0v) is 11.3. The van der Waals surface area contributed by atoms with Crippen LogP contribution in [-0.4, -0.2) is 6.47 Å². The summed E-state index contributed by atoms with van der Waals surface area (Å²) in [6, 6.07) is 14.1. The number of ether oxygens (including phenoxy) is 1. The number of rotatable bonds is 3. The van der Waals surface area contributed by atoms with E-state index < -0.39 is 0 Å². The van der Waals surface area contributed by atoms with E-state index in [-0.39, 0.29) is 5.43 Å². The molecule has 0 atom stereocenters. The van der Waals surface area contributed by atoms with Gasteiger partial charge in [0.05, 0.1) is 10.9 Å². The van der Waals surface area contributed by atoms with Crippen LogP contribution in [0.3, 0.4) is 0 Å². The van der Waals surface area contributed by atoms with E-state index in [1.807, 2.05) is 30.3 Å². The van der Waals surface area contributed by atoms with Gasteiger partial charge in [-0.3, -0.25) is 9.59 Å². The van der Waals surface area contributed by atoms with Crippen molar-refractivity contribution in [1.82, 2.24) is 0 Å². The number of hydrogen-bond acceptors (Lipinski definition) is 4. The molecule has 0 aliphatic carbocycles. The van der Waals surface area contributed by atoms with Crippen LogP contribution in [-0.2, 0) is 4.79 Å². The lowest BCUT2D eigenvalue weighted by Crippen LogP contribution is -2.07. The van der Waals surface area contributed by atoms with Crippen LogP contribution in [0.4, 0.5) is 0 Å². The van der Waals surface area contributed by atoms with E-state index in [0.29, 0.717) is 34.5 Å². The van der Waals surface area contributed by atoms with Gasteiger partial charge >= 0.3 is 0 Å². The Morgan fingerprint density at radius 3 is 2.57 bits per heavy atom. The third-order valence-electron chi connectivity index (χ3n) is 3.29. The van der Waals surface area contributed by atoms with E-state index in [1.165, 1.54) is 6.07 Å². The standard InChI is InChI=1S/C17H12O4/c1-11-16(12-5-3-2-4-6-12)17(19)14-8-7-13(20-10-18)9-15(14)21-11/h2-10H,1H3. The van der Waals surface area contributed by atoms with Crippen molar-refractivity contribution in [3.8, 4) is 16.9 Å². The maximum atomic E-state index is 12.6. The van der Waals surface area contributed by atoms with Gasteiger partial charge in [-0.25, -0.2) is 0 Å². The Hall–Kier alpha value is -2.88. The predicted molar refractivity (Wildman–Crippen MR) is 79.3 cm³/mol. The van der Waals surface area contributed by atoms with Crippen molar-refractivity contribution in [2.75, 3.05) is 0 Å². The van der Waals surface area contributed by atoms with Crippen molar-refractivity contribution in [2.45, 2.75) is 6.92 Å². The second-order valence-electron chi connectivity index (χ2n) is 4.60. The summed E-state index contributed by atoms with van der Waals surface area (Å²) in [4.78, 5) is 23.0. The van der Waals surface area contributed by atoms with Gasteiger partial charge in [0.25, 0.3) is 6.47 Å². The highest BCUT2D eigenvalue weighted by Gasteiger charge is 2.13. The average molecular weight is 280 g/mol. The fourth-order valence-electron chi connectivity index (χ4n) is 2.35. The molecule has 0 radical (unpaired) electrons. The van der Waals surface area contributed by atoms with Gasteiger partial charge in [0.2, 0.25) is 5.43 Å². The molecule has 0 aliphatic heterocycles. The minimum Gasteiger partial charge on any atom is -0.460 e.